The van der Waals surface area contributed by atoms with Gasteiger partial charge in [-0.2, -0.15) is 10.1 Å². The number of anilines is 3. The van der Waals surface area contributed by atoms with Crippen molar-refractivity contribution in [3.63, 3.8) is 0 Å². The van der Waals surface area contributed by atoms with Gasteiger partial charge < -0.3 is 14.8 Å². The van der Waals surface area contributed by atoms with Gasteiger partial charge in [0, 0.05) is 55.8 Å². The highest BCUT2D eigenvalue weighted by molar-refractivity contribution is 5.91. The molecule has 0 bridgehead atoms. The first kappa shape index (κ1) is 21.3. The molecule has 1 aliphatic heterocycles. The zero-order valence-corrected chi connectivity index (χ0v) is 20.5. The van der Waals surface area contributed by atoms with E-state index in [4.69, 9.17) is 10.1 Å². The Morgan fingerprint density at radius 1 is 1.19 bits per heavy atom. The number of imidazole rings is 1. The molecule has 7 rings (SSSR count). The minimum atomic E-state index is -1.26. The zero-order chi connectivity index (χ0) is 24.6. The number of hydrogen-bond acceptors (Lipinski definition) is 7. The van der Waals surface area contributed by atoms with Crippen LogP contribution < -0.4 is 10.2 Å². The summed E-state index contributed by atoms with van der Waals surface area (Å²) in [6.07, 6.45) is 10.2. The third kappa shape index (κ3) is 3.49. The predicted molar refractivity (Wildman–Crippen MR) is 135 cm³/mol. The monoisotopic (exact) mass is 486 g/mol. The lowest BCUT2D eigenvalue weighted by Crippen LogP contribution is -2.27. The molecule has 0 amide bonds. The van der Waals surface area contributed by atoms with Crippen molar-refractivity contribution in [1.82, 2.24) is 38.9 Å². The molecule has 0 aromatic carbocycles. The summed E-state index contributed by atoms with van der Waals surface area (Å²) in [7, 11) is 1.85. The molecule has 1 saturated heterocycles. The van der Waals surface area contributed by atoms with Gasteiger partial charge in [-0.05, 0) is 38.8 Å². The van der Waals surface area contributed by atoms with Crippen LogP contribution in [0.4, 0.5) is 21.8 Å². The van der Waals surface area contributed by atoms with Crippen molar-refractivity contribution in [1.29, 1.82) is 0 Å². The highest BCUT2D eigenvalue weighted by Gasteiger charge is 2.36. The average Bonchev–Trinajstić information content (AvgIpc) is 3.14. The van der Waals surface area contributed by atoms with E-state index in [1.807, 2.05) is 48.0 Å². The number of nitrogens with one attached hydrogen (secondary N) is 1. The lowest BCUT2D eigenvalue weighted by molar-refractivity contribution is 0.221. The van der Waals surface area contributed by atoms with E-state index in [1.54, 1.807) is 17.8 Å². The minimum Gasteiger partial charge on any atom is -0.351 e. The summed E-state index contributed by atoms with van der Waals surface area (Å²) in [6.45, 7) is 4.55. The predicted octanol–water partition coefficient (Wildman–Crippen LogP) is 4.20. The number of aromatic nitrogens is 8. The van der Waals surface area contributed by atoms with Gasteiger partial charge in [0.1, 0.15) is 17.0 Å². The molecule has 0 radical (unpaired) electrons. The molecule has 1 atom stereocenters. The van der Waals surface area contributed by atoms with E-state index < -0.39 is 5.67 Å². The fourth-order valence-electron chi connectivity index (χ4n) is 5.26. The van der Waals surface area contributed by atoms with Gasteiger partial charge in [0.05, 0.1) is 23.9 Å². The Morgan fingerprint density at radius 2 is 2.06 bits per heavy atom. The number of fused-ring (bicyclic) bond motifs is 2. The third-order valence-electron chi connectivity index (χ3n) is 7.12. The topological polar surface area (TPSA) is 94.0 Å². The maximum Gasteiger partial charge on any atom is 0.247 e. The van der Waals surface area contributed by atoms with Gasteiger partial charge in [-0.3, -0.25) is 4.68 Å². The van der Waals surface area contributed by atoms with Crippen molar-refractivity contribution in [2.45, 2.75) is 44.8 Å². The van der Waals surface area contributed by atoms with E-state index in [1.165, 1.54) is 12.8 Å². The lowest BCUT2D eigenvalue weighted by Gasteiger charge is -2.21. The van der Waals surface area contributed by atoms with Crippen LogP contribution in [0.25, 0.3) is 27.8 Å². The second-order valence-electron chi connectivity index (χ2n) is 10.2. The fourth-order valence-corrected chi connectivity index (χ4v) is 5.26. The van der Waals surface area contributed by atoms with E-state index in [0.29, 0.717) is 30.8 Å². The molecule has 5 aromatic heterocycles. The van der Waals surface area contributed by atoms with E-state index in [9.17, 15) is 4.39 Å². The number of hydrogen-bond donors (Lipinski definition) is 1. The number of nitrogens with zero attached hydrogens (tertiary/aromatic N) is 9. The Hall–Kier alpha value is -4.02. The summed E-state index contributed by atoms with van der Waals surface area (Å²) in [4.78, 5) is 16.2. The van der Waals surface area contributed by atoms with Gasteiger partial charge >= 0.3 is 0 Å². The Labute approximate surface area is 206 Å². The molecule has 2 fully saturated rings. The SMILES string of the molecule is Cc1nc2ncc(-c3ccn4nc(Nc5cnn(C)c5)nc(N5CCC(C)(F)C5)c34)cc2n1C1CC1. The summed E-state index contributed by atoms with van der Waals surface area (Å²) < 4.78 is 20.7. The van der Waals surface area contributed by atoms with Crippen LogP contribution in [-0.2, 0) is 7.05 Å². The second kappa shape index (κ2) is 7.49. The van der Waals surface area contributed by atoms with Crippen LogP contribution in [-0.4, -0.2) is 57.7 Å². The summed E-state index contributed by atoms with van der Waals surface area (Å²) >= 11 is 0. The van der Waals surface area contributed by atoms with Crippen LogP contribution in [0.3, 0.4) is 0 Å². The fraction of sp³-hybridized carbons (Fsp3) is 0.400. The summed E-state index contributed by atoms with van der Waals surface area (Å²) in [5, 5.41) is 12.2. The van der Waals surface area contributed by atoms with Gasteiger partial charge in [-0.15, -0.1) is 5.10 Å². The first-order valence-electron chi connectivity index (χ1n) is 12.3. The molecule has 1 saturated carbocycles. The molecule has 36 heavy (non-hydrogen) atoms. The van der Waals surface area contributed by atoms with E-state index in [-0.39, 0.29) is 6.54 Å². The van der Waals surface area contributed by atoms with Crippen molar-refractivity contribution in [3.8, 4) is 11.1 Å². The van der Waals surface area contributed by atoms with Crippen LogP contribution >= 0.6 is 0 Å². The van der Waals surface area contributed by atoms with Gasteiger partial charge in [-0.25, -0.2) is 18.9 Å². The van der Waals surface area contributed by atoms with Crippen molar-refractivity contribution in [2.24, 2.45) is 7.05 Å². The van der Waals surface area contributed by atoms with Gasteiger partial charge in [-0.1, -0.05) is 0 Å². The Morgan fingerprint density at radius 3 is 2.78 bits per heavy atom. The van der Waals surface area contributed by atoms with Crippen molar-refractivity contribution >= 4 is 34.1 Å². The standard InChI is InChI=1S/C25H27FN10/c1-15-29-22-20(36(15)18-4-5-18)10-16(11-27-22)19-6-8-35-21(19)23(34-9-7-25(2,26)14-34)31-24(32-35)30-17-12-28-33(3)13-17/h6,8,10-13,18H,4-5,7,9,14H2,1-3H3,(H,30,32). The summed E-state index contributed by atoms with van der Waals surface area (Å²) in [5.41, 5.74) is 4.08. The molecule has 2 aliphatic rings. The minimum absolute atomic E-state index is 0.279. The first-order chi connectivity index (χ1) is 17.3. The van der Waals surface area contributed by atoms with Crippen molar-refractivity contribution in [3.05, 3.63) is 42.7 Å². The highest BCUT2D eigenvalue weighted by atomic mass is 19.1. The maximum absolute atomic E-state index is 14.9. The second-order valence-corrected chi connectivity index (χ2v) is 10.2. The molecular formula is C25H27FN10. The third-order valence-corrected chi connectivity index (χ3v) is 7.12. The largest absolute Gasteiger partial charge is 0.351 e. The van der Waals surface area contributed by atoms with E-state index >= 15 is 0 Å². The Kier molecular flexibility index (Phi) is 4.43. The number of halogens is 1. The molecule has 10 nitrogen and oxygen atoms in total. The quantitative estimate of drug-likeness (QED) is 0.398. The lowest BCUT2D eigenvalue weighted by atomic mass is 10.1. The first-order valence-corrected chi connectivity index (χ1v) is 12.3. The van der Waals surface area contributed by atoms with E-state index in [0.717, 1.165) is 39.3 Å². The number of alkyl halides is 1. The van der Waals surface area contributed by atoms with Crippen LogP contribution in [0.15, 0.2) is 36.9 Å². The van der Waals surface area contributed by atoms with E-state index in [2.05, 4.69) is 31.0 Å². The van der Waals surface area contributed by atoms with Crippen LogP contribution in [0.2, 0.25) is 0 Å². The normalized spacial score (nSPS) is 20.2. The Balaban J connectivity index is 1.38. The number of pyridine rings is 1. The zero-order valence-electron chi connectivity index (χ0n) is 20.5. The molecule has 1 unspecified atom stereocenters. The van der Waals surface area contributed by atoms with Crippen molar-refractivity contribution < 1.29 is 4.39 Å². The number of rotatable bonds is 5. The molecule has 184 valence electrons. The molecule has 0 spiro atoms. The molecular weight excluding hydrogens is 459 g/mol. The van der Waals surface area contributed by atoms with Gasteiger partial charge in [0.25, 0.3) is 0 Å². The molecule has 1 N–H and O–H groups in total. The van der Waals surface area contributed by atoms with Gasteiger partial charge in [0.2, 0.25) is 5.95 Å². The van der Waals surface area contributed by atoms with Crippen molar-refractivity contribution in [2.75, 3.05) is 23.3 Å². The molecule has 11 heteroatoms. The average molecular weight is 487 g/mol. The maximum atomic E-state index is 14.9. The summed E-state index contributed by atoms with van der Waals surface area (Å²) in [6, 6.07) is 4.69. The molecule has 5 aromatic rings. The van der Waals surface area contributed by atoms with Crippen LogP contribution in [0.1, 0.15) is 38.1 Å². The van der Waals surface area contributed by atoms with Crippen LogP contribution in [0, 0.1) is 6.92 Å². The molecule has 6 heterocycles. The number of aryl methyl sites for hydroxylation is 2. The van der Waals surface area contributed by atoms with Gasteiger partial charge in [0.15, 0.2) is 11.5 Å². The smallest absolute Gasteiger partial charge is 0.247 e. The highest BCUT2D eigenvalue weighted by Crippen LogP contribution is 2.40. The Bertz CT molecular complexity index is 1620. The van der Waals surface area contributed by atoms with Crippen LogP contribution in [0.5, 0.6) is 0 Å². The summed E-state index contributed by atoms with van der Waals surface area (Å²) in [5.74, 6) is 2.12. The molecule has 1 aliphatic carbocycles.